The molecule has 0 unspecified atom stereocenters. The number of benzene rings is 2. The van der Waals surface area contributed by atoms with Gasteiger partial charge >= 0.3 is 0 Å². The molecule has 0 atom stereocenters. The summed E-state index contributed by atoms with van der Waals surface area (Å²) in [5.41, 5.74) is 5.45. The molecule has 184 valence electrons. The second kappa shape index (κ2) is 13.9. The van der Waals surface area contributed by atoms with Crippen LogP contribution in [0.4, 0.5) is 0 Å². The molecule has 0 N–H and O–H groups in total. The Kier molecular flexibility index (Phi) is 10.6. The van der Waals surface area contributed by atoms with Gasteiger partial charge in [0.25, 0.3) is 0 Å². The molecule has 1 heterocycles. The number of aromatic nitrogens is 1. The van der Waals surface area contributed by atoms with Crippen molar-refractivity contribution in [3.05, 3.63) is 53.7 Å². The number of aryl methyl sites for hydroxylation is 2. The van der Waals surface area contributed by atoms with E-state index in [0.29, 0.717) is 64.4 Å². The zero-order chi connectivity index (χ0) is 24.2. The van der Waals surface area contributed by atoms with Gasteiger partial charge in [-0.25, -0.2) is 0 Å². The first kappa shape index (κ1) is 25.9. The molecular formula is C27H35NO6. The number of ether oxygens (including phenoxy) is 6. The van der Waals surface area contributed by atoms with Gasteiger partial charge in [-0.15, -0.1) is 0 Å². The van der Waals surface area contributed by atoms with Crippen molar-refractivity contribution in [1.82, 2.24) is 4.98 Å². The summed E-state index contributed by atoms with van der Waals surface area (Å²) in [6.45, 7) is 8.09. The maximum absolute atomic E-state index is 6.08. The lowest BCUT2D eigenvalue weighted by Crippen LogP contribution is -2.12. The van der Waals surface area contributed by atoms with Crippen molar-refractivity contribution in [2.75, 3.05) is 67.1 Å². The van der Waals surface area contributed by atoms with Gasteiger partial charge in [0.05, 0.1) is 45.2 Å². The van der Waals surface area contributed by atoms with Crippen LogP contribution in [0, 0.1) is 13.8 Å². The maximum atomic E-state index is 6.08. The molecule has 3 aromatic rings. The highest BCUT2D eigenvalue weighted by Gasteiger charge is 2.13. The van der Waals surface area contributed by atoms with E-state index in [1.807, 2.05) is 18.3 Å². The Morgan fingerprint density at radius 3 is 2.00 bits per heavy atom. The molecule has 0 spiro atoms. The molecule has 7 heteroatoms. The van der Waals surface area contributed by atoms with Crippen LogP contribution in [-0.2, 0) is 18.9 Å². The predicted octanol–water partition coefficient (Wildman–Crippen LogP) is 4.60. The van der Waals surface area contributed by atoms with Crippen LogP contribution in [-0.4, -0.2) is 72.1 Å². The Bertz CT molecular complexity index is 1040. The smallest absolute Gasteiger partial charge is 0.161 e. The van der Waals surface area contributed by atoms with E-state index < -0.39 is 0 Å². The maximum Gasteiger partial charge on any atom is 0.161 e. The molecular weight excluding hydrogens is 434 g/mol. The molecule has 7 nitrogen and oxygen atoms in total. The average molecular weight is 470 g/mol. The van der Waals surface area contributed by atoms with E-state index in [-0.39, 0.29) is 0 Å². The summed E-state index contributed by atoms with van der Waals surface area (Å²) in [5.74, 6) is 1.34. The van der Waals surface area contributed by atoms with Gasteiger partial charge in [0, 0.05) is 25.8 Å². The van der Waals surface area contributed by atoms with E-state index in [1.54, 1.807) is 14.2 Å². The van der Waals surface area contributed by atoms with Crippen molar-refractivity contribution in [3.8, 4) is 22.6 Å². The summed E-state index contributed by atoms with van der Waals surface area (Å²) in [5, 5.41) is 1.11. The fourth-order valence-electron chi connectivity index (χ4n) is 3.59. The molecule has 2 aromatic carbocycles. The summed E-state index contributed by atoms with van der Waals surface area (Å²) in [6.07, 6.45) is 1.92. The summed E-state index contributed by atoms with van der Waals surface area (Å²) in [7, 11) is 3.30. The standard InChI is InChI=1S/C27H35NO6/c1-20-5-7-23-24(17-20)28-19-21(2)27(23)22-6-8-25(33-15-13-31-11-9-29-3)26(18-22)34-16-14-32-12-10-30-4/h5-8,17-19H,9-16H2,1-4H3. The first-order chi connectivity index (χ1) is 16.6. The predicted molar refractivity (Wildman–Crippen MR) is 133 cm³/mol. The van der Waals surface area contributed by atoms with Gasteiger partial charge in [-0.3, -0.25) is 4.98 Å². The lowest BCUT2D eigenvalue weighted by molar-refractivity contribution is 0.0499. The normalized spacial score (nSPS) is 11.2. The lowest BCUT2D eigenvalue weighted by Gasteiger charge is -2.16. The third-order valence-electron chi connectivity index (χ3n) is 5.28. The Balaban J connectivity index is 1.80. The van der Waals surface area contributed by atoms with Crippen molar-refractivity contribution in [2.45, 2.75) is 13.8 Å². The van der Waals surface area contributed by atoms with E-state index in [1.165, 1.54) is 5.56 Å². The van der Waals surface area contributed by atoms with Crippen LogP contribution in [0.25, 0.3) is 22.0 Å². The number of pyridine rings is 1. The minimum Gasteiger partial charge on any atom is -0.487 e. The molecule has 1 aromatic heterocycles. The molecule has 0 saturated carbocycles. The number of hydrogen-bond acceptors (Lipinski definition) is 7. The number of hydrogen-bond donors (Lipinski definition) is 0. The number of rotatable bonds is 15. The average Bonchev–Trinajstić information content (AvgIpc) is 2.84. The second-order valence-electron chi connectivity index (χ2n) is 7.91. The van der Waals surface area contributed by atoms with Crippen molar-refractivity contribution < 1.29 is 28.4 Å². The second-order valence-corrected chi connectivity index (χ2v) is 7.91. The Hall–Kier alpha value is -2.71. The fourth-order valence-corrected chi connectivity index (χ4v) is 3.59. The first-order valence-electron chi connectivity index (χ1n) is 11.5. The number of nitrogens with zero attached hydrogens (tertiary/aromatic N) is 1. The van der Waals surface area contributed by atoms with Gasteiger partial charge in [-0.2, -0.15) is 0 Å². The van der Waals surface area contributed by atoms with E-state index in [4.69, 9.17) is 28.4 Å². The van der Waals surface area contributed by atoms with E-state index in [0.717, 1.165) is 27.6 Å². The number of fused-ring (bicyclic) bond motifs is 1. The van der Waals surface area contributed by atoms with Crippen molar-refractivity contribution in [2.24, 2.45) is 0 Å². The van der Waals surface area contributed by atoms with E-state index in [2.05, 4.69) is 43.1 Å². The minimum absolute atomic E-state index is 0.406. The third kappa shape index (κ3) is 7.40. The van der Waals surface area contributed by atoms with Gasteiger partial charge in [0.1, 0.15) is 13.2 Å². The Morgan fingerprint density at radius 2 is 1.32 bits per heavy atom. The highest BCUT2D eigenvalue weighted by molar-refractivity contribution is 5.96. The highest BCUT2D eigenvalue weighted by Crippen LogP contribution is 2.37. The monoisotopic (exact) mass is 469 g/mol. The zero-order valence-corrected chi connectivity index (χ0v) is 20.6. The molecule has 0 radical (unpaired) electrons. The largest absolute Gasteiger partial charge is 0.487 e. The quantitative estimate of drug-likeness (QED) is 0.301. The topological polar surface area (TPSA) is 68.3 Å². The number of methoxy groups -OCH3 is 2. The van der Waals surface area contributed by atoms with E-state index in [9.17, 15) is 0 Å². The van der Waals surface area contributed by atoms with Crippen LogP contribution in [0.1, 0.15) is 11.1 Å². The minimum atomic E-state index is 0.406. The highest BCUT2D eigenvalue weighted by atomic mass is 16.6. The molecule has 3 rings (SSSR count). The van der Waals surface area contributed by atoms with Gasteiger partial charge in [0.2, 0.25) is 0 Å². The van der Waals surface area contributed by atoms with Gasteiger partial charge < -0.3 is 28.4 Å². The van der Waals surface area contributed by atoms with Gasteiger partial charge in [-0.05, 0) is 54.3 Å². The summed E-state index contributed by atoms with van der Waals surface area (Å²) in [4.78, 5) is 4.62. The molecule has 0 bridgehead atoms. The SMILES string of the molecule is COCCOCCOc1ccc(-c2c(C)cnc3cc(C)ccc23)cc1OCCOCCOC. The Labute approximate surface area is 201 Å². The molecule has 34 heavy (non-hydrogen) atoms. The molecule has 0 aliphatic carbocycles. The third-order valence-corrected chi connectivity index (χ3v) is 5.28. The van der Waals surface area contributed by atoms with Crippen LogP contribution in [0.3, 0.4) is 0 Å². The molecule has 0 saturated heterocycles. The van der Waals surface area contributed by atoms with Crippen molar-refractivity contribution in [1.29, 1.82) is 0 Å². The van der Waals surface area contributed by atoms with Crippen LogP contribution in [0.2, 0.25) is 0 Å². The molecule has 0 fully saturated rings. The molecule has 0 amide bonds. The summed E-state index contributed by atoms with van der Waals surface area (Å²) in [6, 6.07) is 12.4. The van der Waals surface area contributed by atoms with Crippen LogP contribution < -0.4 is 9.47 Å². The van der Waals surface area contributed by atoms with Crippen LogP contribution in [0.15, 0.2) is 42.6 Å². The van der Waals surface area contributed by atoms with Crippen LogP contribution >= 0.6 is 0 Å². The Morgan fingerprint density at radius 1 is 0.676 bits per heavy atom. The van der Waals surface area contributed by atoms with Crippen LogP contribution in [0.5, 0.6) is 11.5 Å². The molecule has 0 aliphatic heterocycles. The van der Waals surface area contributed by atoms with E-state index >= 15 is 0 Å². The van der Waals surface area contributed by atoms with Crippen molar-refractivity contribution >= 4 is 10.9 Å². The first-order valence-corrected chi connectivity index (χ1v) is 11.5. The molecule has 0 aliphatic rings. The van der Waals surface area contributed by atoms with Crippen molar-refractivity contribution in [3.63, 3.8) is 0 Å². The van der Waals surface area contributed by atoms with Gasteiger partial charge in [-0.1, -0.05) is 18.2 Å². The fraction of sp³-hybridized carbons (Fsp3) is 0.444. The summed E-state index contributed by atoms with van der Waals surface area (Å²) >= 11 is 0. The lowest BCUT2D eigenvalue weighted by atomic mass is 9.96. The summed E-state index contributed by atoms with van der Waals surface area (Å²) < 4.78 is 33.1. The van der Waals surface area contributed by atoms with Gasteiger partial charge in [0.15, 0.2) is 11.5 Å². The zero-order valence-electron chi connectivity index (χ0n) is 20.6.